The molecule has 0 fully saturated rings. The summed E-state index contributed by atoms with van der Waals surface area (Å²) in [5.41, 5.74) is -0.417. The lowest BCUT2D eigenvalue weighted by atomic mass is 10.0. The van der Waals surface area contributed by atoms with Gasteiger partial charge in [0.2, 0.25) is 0 Å². The largest absolute Gasteiger partial charge is 0.444 e. The molecule has 0 aliphatic rings. The molecule has 0 rings (SSSR count). The third-order valence-corrected chi connectivity index (χ3v) is 1.95. The van der Waals surface area contributed by atoms with Gasteiger partial charge in [0.05, 0.1) is 0 Å². The Hall–Kier alpha value is -0.730. The summed E-state index contributed by atoms with van der Waals surface area (Å²) in [5.74, 6) is 0.438. The Labute approximate surface area is 87.2 Å². The lowest BCUT2D eigenvalue weighted by Crippen LogP contribution is -2.41. The molecule has 3 nitrogen and oxygen atoms in total. The van der Waals surface area contributed by atoms with Crippen molar-refractivity contribution >= 4 is 6.09 Å². The van der Waals surface area contributed by atoms with E-state index in [1.165, 1.54) is 0 Å². The summed E-state index contributed by atoms with van der Waals surface area (Å²) in [4.78, 5) is 11.4. The number of amides is 1. The number of nitrogens with one attached hydrogen (secondary N) is 1. The fourth-order valence-electron chi connectivity index (χ4n) is 1.20. The quantitative estimate of drug-likeness (QED) is 0.762. The Bertz CT molecular complexity index is 182. The van der Waals surface area contributed by atoms with Gasteiger partial charge in [-0.3, -0.25) is 0 Å². The molecule has 0 aliphatic heterocycles. The van der Waals surface area contributed by atoms with E-state index < -0.39 is 5.60 Å². The van der Waals surface area contributed by atoms with E-state index in [1.54, 1.807) is 0 Å². The van der Waals surface area contributed by atoms with E-state index in [-0.39, 0.29) is 12.1 Å². The van der Waals surface area contributed by atoms with Crippen molar-refractivity contribution in [3.8, 4) is 0 Å². The number of carbonyl (C=O) groups is 1. The fraction of sp³-hybridized carbons (Fsp3) is 0.909. The van der Waals surface area contributed by atoms with Crippen LogP contribution in [0.4, 0.5) is 4.79 Å². The van der Waals surface area contributed by atoms with Crippen LogP contribution < -0.4 is 5.32 Å². The van der Waals surface area contributed by atoms with Gasteiger partial charge in [0.25, 0.3) is 0 Å². The molecule has 0 aromatic rings. The Morgan fingerprint density at radius 1 is 1.36 bits per heavy atom. The summed E-state index contributed by atoms with van der Waals surface area (Å²) in [6.45, 7) is 11.8. The SMILES string of the molecule is CC[C@@H](NC(=O)OC(C)(C)C)C(C)C. The molecule has 3 heteroatoms. The highest BCUT2D eigenvalue weighted by Gasteiger charge is 2.19. The molecule has 0 heterocycles. The van der Waals surface area contributed by atoms with Crippen LogP contribution in [0.25, 0.3) is 0 Å². The fourth-order valence-corrected chi connectivity index (χ4v) is 1.20. The van der Waals surface area contributed by atoms with Gasteiger partial charge in [0.15, 0.2) is 0 Å². The first-order valence-electron chi connectivity index (χ1n) is 5.25. The van der Waals surface area contributed by atoms with Crippen LogP contribution in [0, 0.1) is 5.92 Å². The first kappa shape index (κ1) is 13.3. The van der Waals surface area contributed by atoms with E-state index in [0.29, 0.717) is 5.92 Å². The number of carbonyl (C=O) groups excluding carboxylic acids is 1. The van der Waals surface area contributed by atoms with Gasteiger partial charge in [0.1, 0.15) is 5.60 Å². The maximum absolute atomic E-state index is 11.4. The summed E-state index contributed by atoms with van der Waals surface area (Å²) >= 11 is 0. The van der Waals surface area contributed by atoms with Crippen molar-refractivity contribution in [3.63, 3.8) is 0 Å². The average molecular weight is 201 g/mol. The molecule has 0 aromatic carbocycles. The lowest BCUT2D eigenvalue weighted by molar-refractivity contribution is 0.0489. The van der Waals surface area contributed by atoms with Gasteiger partial charge in [-0.15, -0.1) is 0 Å². The van der Waals surface area contributed by atoms with Gasteiger partial charge in [-0.1, -0.05) is 20.8 Å². The predicted molar refractivity (Wildman–Crippen MR) is 58.3 cm³/mol. The number of ether oxygens (including phenoxy) is 1. The van der Waals surface area contributed by atoms with E-state index in [0.717, 1.165) is 6.42 Å². The summed E-state index contributed by atoms with van der Waals surface area (Å²) in [5, 5.41) is 2.86. The molecule has 1 amide bonds. The van der Waals surface area contributed by atoms with E-state index in [4.69, 9.17) is 4.74 Å². The molecule has 0 spiro atoms. The second-order valence-electron chi connectivity index (χ2n) is 4.90. The number of hydrogen-bond donors (Lipinski definition) is 1. The minimum Gasteiger partial charge on any atom is -0.444 e. The molecule has 84 valence electrons. The molecule has 0 saturated heterocycles. The molecule has 1 N–H and O–H groups in total. The second kappa shape index (κ2) is 5.23. The van der Waals surface area contributed by atoms with Gasteiger partial charge >= 0.3 is 6.09 Å². The van der Waals surface area contributed by atoms with E-state index in [9.17, 15) is 4.79 Å². The molecule has 0 aliphatic carbocycles. The van der Waals surface area contributed by atoms with Crippen LogP contribution in [0.2, 0.25) is 0 Å². The van der Waals surface area contributed by atoms with Gasteiger partial charge in [-0.05, 0) is 33.1 Å². The Balaban J connectivity index is 4.04. The van der Waals surface area contributed by atoms with Crippen LogP contribution in [0.15, 0.2) is 0 Å². The molecular formula is C11H23NO2. The Kier molecular flexibility index (Phi) is 4.95. The van der Waals surface area contributed by atoms with Crippen molar-refractivity contribution in [2.75, 3.05) is 0 Å². The number of alkyl carbamates (subject to hydrolysis) is 1. The Morgan fingerprint density at radius 3 is 2.14 bits per heavy atom. The molecule has 0 unspecified atom stereocenters. The molecule has 1 atom stereocenters. The maximum Gasteiger partial charge on any atom is 0.407 e. The van der Waals surface area contributed by atoms with Crippen molar-refractivity contribution in [2.45, 2.75) is 59.6 Å². The van der Waals surface area contributed by atoms with Gasteiger partial charge in [-0.2, -0.15) is 0 Å². The highest BCUT2D eigenvalue weighted by Crippen LogP contribution is 2.09. The van der Waals surface area contributed by atoms with E-state index >= 15 is 0 Å². The minimum absolute atomic E-state index is 0.199. The molecule has 0 bridgehead atoms. The van der Waals surface area contributed by atoms with Crippen molar-refractivity contribution < 1.29 is 9.53 Å². The van der Waals surface area contributed by atoms with E-state index in [1.807, 2.05) is 20.8 Å². The lowest BCUT2D eigenvalue weighted by Gasteiger charge is -2.24. The molecule has 14 heavy (non-hydrogen) atoms. The average Bonchev–Trinajstić information content (AvgIpc) is 1.96. The van der Waals surface area contributed by atoms with Crippen LogP contribution in [0.5, 0.6) is 0 Å². The smallest absolute Gasteiger partial charge is 0.407 e. The third-order valence-electron chi connectivity index (χ3n) is 1.95. The highest BCUT2D eigenvalue weighted by molar-refractivity contribution is 5.68. The first-order valence-corrected chi connectivity index (χ1v) is 5.25. The van der Waals surface area contributed by atoms with Gasteiger partial charge in [-0.25, -0.2) is 4.79 Å². The standard InChI is InChI=1S/C11H23NO2/c1-7-9(8(2)3)12-10(13)14-11(4,5)6/h8-9H,7H2,1-6H3,(H,12,13)/t9-/m1/s1. The highest BCUT2D eigenvalue weighted by atomic mass is 16.6. The Morgan fingerprint density at radius 2 is 1.86 bits per heavy atom. The van der Waals surface area contributed by atoms with Crippen LogP contribution in [-0.2, 0) is 4.74 Å². The number of rotatable bonds is 3. The van der Waals surface area contributed by atoms with Crippen molar-refractivity contribution in [3.05, 3.63) is 0 Å². The van der Waals surface area contributed by atoms with Crippen LogP contribution >= 0.6 is 0 Å². The zero-order chi connectivity index (χ0) is 11.4. The normalized spacial score (nSPS) is 13.9. The topological polar surface area (TPSA) is 38.3 Å². The summed E-state index contributed by atoms with van der Waals surface area (Å²) in [7, 11) is 0. The maximum atomic E-state index is 11.4. The summed E-state index contributed by atoms with van der Waals surface area (Å²) < 4.78 is 5.17. The summed E-state index contributed by atoms with van der Waals surface area (Å²) in [6.07, 6.45) is 0.606. The van der Waals surface area contributed by atoms with Gasteiger partial charge < -0.3 is 10.1 Å². The molecule has 0 radical (unpaired) electrons. The third kappa shape index (κ3) is 5.84. The zero-order valence-corrected chi connectivity index (χ0v) is 10.2. The minimum atomic E-state index is -0.417. The monoisotopic (exact) mass is 201 g/mol. The number of hydrogen-bond acceptors (Lipinski definition) is 2. The molecular weight excluding hydrogens is 178 g/mol. The predicted octanol–water partition coefficient (Wildman–Crippen LogP) is 2.95. The molecule has 0 saturated carbocycles. The van der Waals surface area contributed by atoms with Crippen molar-refractivity contribution in [1.82, 2.24) is 5.32 Å². The van der Waals surface area contributed by atoms with Crippen LogP contribution in [0.1, 0.15) is 48.0 Å². The van der Waals surface area contributed by atoms with Gasteiger partial charge in [0, 0.05) is 6.04 Å². The first-order chi connectivity index (χ1) is 6.26. The summed E-state index contributed by atoms with van der Waals surface area (Å²) in [6, 6.07) is 0.199. The van der Waals surface area contributed by atoms with E-state index in [2.05, 4.69) is 26.1 Å². The van der Waals surface area contributed by atoms with Crippen LogP contribution in [-0.4, -0.2) is 17.7 Å². The van der Waals surface area contributed by atoms with Crippen molar-refractivity contribution in [2.24, 2.45) is 5.92 Å². The van der Waals surface area contributed by atoms with Crippen molar-refractivity contribution in [1.29, 1.82) is 0 Å². The second-order valence-corrected chi connectivity index (χ2v) is 4.90. The zero-order valence-electron chi connectivity index (χ0n) is 10.2. The molecule has 0 aromatic heterocycles. The van der Waals surface area contributed by atoms with Crippen LogP contribution in [0.3, 0.4) is 0 Å².